The third-order valence-corrected chi connectivity index (χ3v) is 2.75. The highest BCUT2D eigenvalue weighted by Crippen LogP contribution is 2.27. The Morgan fingerprint density at radius 2 is 2.25 bits per heavy atom. The lowest BCUT2D eigenvalue weighted by Crippen LogP contribution is -2.04. The zero-order valence-electron chi connectivity index (χ0n) is 7.53. The second kappa shape index (κ2) is 3.25. The maximum atomic E-state index is 4.09. The lowest BCUT2D eigenvalue weighted by Gasteiger charge is -2.06. The molecule has 1 fully saturated rings. The van der Waals surface area contributed by atoms with Crippen molar-refractivity contribution in [1.82, 2.24) is 14.8 Å². The lowest BCUT2D eigenvalue weighted by molar-refractivity contribution is 0.520. The first-order chi connectivity index (χ1) is 5.86. The van der Waals surface area contributed by atoms with Crippen molar-refractivity contribution in [3.8, 4) is 0 Å². The van der Waals surface area contributed by atoms with Gasteiger partial charge in [0.2, 0.25) is 0 Å². The number of aryl methyl sites for hydroxylation is 1. The highest BCUT2D eigenvalue weighted by Gasteiger charge is 2.17. The molecule has 2 rings (SSSR count). The largest absolute Gasteiger partial charge is 0.321 e. The van der Waals surface area contributed by atoms with E-state index in [0.29, 0.717) is 0 Å². The first kappa shape index (κ1) is 7.77. The van der Waals surface area contributed by atoms with Crippen molar-refractivity contribution in [1.29, 1.82) is 0 Å². The molecule has 0 aromatic carbocycles. The molecule has 1 heterocycles. The monoisotopic (exact) mass is 165 g/mol. The van der Waals surface area contributed by atoms with Gasteiger partial charge in [0.05, 0.1) is 0 Å². The Hall–Kier alpha value is -0.860. The van der Waals surface area contributed by atoms with Gasteiger partial charge in [-0.05, 0) is 5.92 Å². The zero-order chi connectivity index (χ0) is 8.39. The van der Waals surface area contributed by atoms with Crippen LogP contribution in [0.1, 0.15) is 31.5 Å². The third-order valence-electron chi connectivity index (χ3n) is 2.75. The van der Waals surface area contributed by atoms with Gasteiger partial charge < -0.3 is 4.57 Å². The van der Waals surface area contributed by atoms with Crippen LogP contribution in [0.2, 0.25) is 0 Å². The van der Waals surface area contributed by atoms with E-state index in [0.717, 1.165) is 18.2 Å². The summed E-state index contributed by atoms with van der Waals surface area (Å²) in [6.45, 7) is 0. The highest BCUT2D eigenvalue weighted by atomic mass is 15.2. The van der Waals surface area contributed by atoms with Crippen LogP contribution < -0.4 is 0 Å². The Balaban J connectivity index is 1.98. The lowest BCUT2D eigenvalue weighted by atomic mass is 10.0. The summed E-state index contributed by atoms with van der Waals surface area (Å²) in [5.41, 5.74) is 0. The van der Waals surface area contributed by atoms with Crippen LogP contribution in [0, 0.1) is 5.92 Å². The highest BCUT2D eigenvalue weighted by molar-refractivity contribution is 4.88. The summed E-state index contributed by atoms with van der Waals surface area (Å²) in [6.07, 6.45) is 8.48. The van der Waals surface area contributed by atoms with Crippen molar-refractivity contribution in [3.05, 3.63) is 12.2 Å². The van der Waals surface area contributed by atoms with Gasteiger partial charge in [-0.2, -0.15) is 0 Å². The van der Waals surface area contributed by atoms with Crippen LogP contribution in [0.5, 0.6) is 0 Å². The molecule has 1 aliphatic carbocycles. The molecule has 0 spiro atoms. The molecule has 0 saturated heterocycles. The summed E-state index contributed by atoms with van der Waals surface area (Å²) in [5.74, 6) is 2.01. The molecule has 0 bridgehead atoms. The maximum absolute atomic E-state index is 4.09. The number of hydrogen-bond donors (Lipinski definition) is 0. The number of nitrogens with zero attached hydrogens (tertiary/aromatic N) is 3. The predicted molar refractivity (Wildman–Crippen MR) is 46.7 cm³/mol. The molecule has 3 heteroatoms. The van der Waals surface area contributed by atoms with Crippen molar-refractivity contribution < 1.29 is 0 Å². The minimum atomic E-state index is 0.868. The molecule has 0 atom stereocenters. The van der Waals surface area contributed by atoms with Crippen LogP contribution in [-0.4, -0.2) is 14.8 Å². The summed E-state index contributed by atoms with van der Waals surface area (Å²) in [6, 6.07) is 0. The maximum Gasteiger partial charge on any atom is 0.132 e. The first-order valence-corrected chi connectivity index (χ1v) is 4.69. The van der Waals surface area contributed by atoms with Crippen molar-refractivity contribution >= 4 is 0 Å². The van der Waals surface area contributed by atoms with Crippen LogP contribution in [0.3, 0.4) is 0 Å². The van der Waals surface area contributed by atoms with Crippen molar-refractivity contribution in [3.63, 3.8) is 0 Å². The van der Waals surface area contributed by atoms with E-state index >= 15 is 0 Å². The molecule has 1 aromatic heterocycles. The molecule has 66 valence electrons. The van der Waals surface area contributed by atoms with Gasteiger partial charge in [0.1, 0.15) is 12.2 Å². The van der Waals surface area contributed by atoms with Crippen LogP contribution in [0.4, 0.5) is 0 Å². The Morgan fingerprint density at radius 3 is 2.83 bits per heavy atom. The summed E-state index contributed by atoms with van der Waals surface area (Å²) in [7, 11) is 2.02. The van der Waals surface area contributed by atoms with E-state index in [-0.39, 0.29) is 0 Å². The SMILES string of the molecule is Cn1cnnc1CC1CCCC1. The molecule has 0 aliphatic heterocycles. The van der Waals surface area contributed by atoms with Crippen LogP contribution in [0.15, 0.2) is 6.33 Å². The van der Waals surface area contributed by atoms with Crippen molar-refractivity contribution in [2.75, 3.05) is 0 Å². The normalized spacial score (nSPS) is 18.8. The van der Waals surface area contributed by atoms with Gasteiger partial charge in [-0.3, -0.25) is 0 Å². The molecular formula is C9H15N3. The molecule has 0 radical (unpaired) electrons. The second-order valence-corrected chi connectivity index (χ2v) is 3.71. The van der Waals surface area contributed by atoms with Crippen molar-refractivity contribution in [2.24, 2.45) is 13.0 Å². The van der Waals surface area contributed by atoms with Gasteiger partial charge in [-0.15, -0.1) is 10.2 Å². The number of hydrogen-bond acceptors (Lipinski definition) is 2. The van der Waals surface area contributed by atoms with Gasteiger partial charge in [-0.25, -0.2) is 0 Å². The Morgan fingerprint density at radius 1 is 1.50 bits per heavy atom. The summed E-state index contributed by atoms with van der Waals surface area (Å²) < 4.78 is 2.03. The van der Waals surface area contributed by atoms with Crippen LogP contribution in [0.25, 0.3) is 0 Å². The van der Waals surface area contributed by atoms with E-state index in [1.165, 1.54) is 25.7 Å². The summed E-state index contributed by atoms with van der Waals surface area (Å²) >= 11 is 0. The molecule has 1 saturated carbocycles. The fourth-order valence-corrected chi connectivity index (χ4v) is 1.96. The van der Waals surface area contributed by atoms with E-state index in [4.69, 9.17) is 0 Å². The van der Waals surface area contributed by atoms with Gasteiger partial charge in [0.15, 0.2) is 0 Å². The molecule has 1 aliphatic rings. The smallest absolute Gasteiger partial charge is 0.132 e. The standard InChI is InChI=1S/C9H15N3/c1-12-7-10-11-9(12)6-8-4-2-3-5-8/h7-8H,2-6H2,1H3. The van der Waals surface area contributed by atoms with Gasteiger partial charge in [-0.1, -0.05) is 25.7 Å². The second-order valence-electron chi connectivity index (χ2n) is 3.71. The molecular weight excluding hydrogens is 150 g/mol. The Kier molecular flexibility index (Phi) is 2.11. The molecule has 0 amide bonds. The predicted octanol–water partition coefficient (Wildman–Crippen LogP) is 1.55. The van der Waals surface area contributed by atoms with E-state index in [1.807, 2.05) is 11.6 Å². The third kappa shape index (κ3) is 1.49. The fourth-order valence-electron chi connectivity index (χ4n) is 1.96. The molecule has 0 N–H and O–H groups in total. The molecule has 0 unspecified atom stereocenters. The van der Waals surface area contributed by atoms with Crippen LogP contribution >= 0.6 is 0 Å². The number of rotatable bonds is 2. The minimum Gasteiger partial charge on any atom is -0.321 e. The van der Waals surface area contributed by atoms with E-state index in [9.17, 15) is 0 Å². The quantitative estimate of drug-likeness (QED) is 0.665. The van der Waals surface area contributed by atoms with E-state index < -0.39 is 0 Å². The Labute approximate surface area is 72.8 Å². The topological polar surface area (TPSA) is 30.7 Å². The average Bonchev–Trinajstić information content (AvgIpc) is 2.65. The van der Waals surface area contributed by atoms with Gasteiger partial charge in [0, 0.05) is 13.5 Å². The van der Waals surface area contributed by atoms with Crippen LogP contribution in [-0.2, 0) is 13.5 Å². The van der Waals surface area contributed by atoms with Gasteiger partial charge in [0.25, 0.3) is 0 Å². The van der Waals surface area contributed by atoms with E-state index in [1.54, 1.807) is 6.33 Å². The minimum absolute atomic E-state index is 0.868. The molecule has 1 aromatic rings. The fraction of sp³-hybridized carbons (Fsp3) is 0.778. The van der Waals surface area contributed by atoms with Gasteiger partial charge >= 0.3 is 0 Å². The van der Waals surface area contributed by atoms with Crippen molar-refractivity contribution in [2.45, 2.75) is 32.1 Å². The summed E-state index contributed by atoms with van der Waals surface area (Å²) in [5, 5.41) is 7.97. The number of aromatic nitrogens is 3. The molecule has 3 nitrogen and oxygen atoms in total. The van der Waals surface area contributed by atoms with E-state index in [2.05, 4.69) is 10.2 Å². The Bertz CT molecular complexity index is 248. The summed E-state index contributed by atoms with van der Waals surface area (Å²) in [4.78, 5) is 0. The first-order valence-electron chi connectivity index (χ1n) is 4.69. The average molecular weight is 165 g/mol. The zero-order valence-corrected chi connectivity index (χ0v) is 7.53. The molecule has 12 heavy (non-hydrogen) atoms.